The Balaban J connectivity index is 1.91. The van der Waals surface area contributed by atoms with E-state index in [1.807, 2.05) is 0 Å². The second-order valence-corrected chi connectivity index (χ2v) is 7.43. The summed E-state index contributed by atoms with van der Waals surface area (Å²) >= 11 is 4.66. The predicted octanol–water partition coefficient (Wildman–Crippen LogP) is 3.25. The van der Waals surface area contributed by atoms with Crippen molar-refractivity contribution in [3.05, 3.63) is 38.5 Å². The number of fused-ring (bicyclic) bond motifs is 1. The molecule has 1 amide bonds. The molecule has 6 nitrogen and oxygen atoms in total. The number of methoxy groups -OCH3 is 1. The number of ether oxygens (including phenoxy) is 3. The van der Waals surface area contributed by atoms with Crippen LogP contribution in [0.3, 0.4) is 0 Å². The summed E-state index contributed by atoms with van der Waals surface area (Å²) in [5, 5.41) is 2.83. The first-order chi connectivity index (χ1) is 11.6. The second kappa shape index (κ2) is 7.23. The van der Waals surface area contributed by atoms with Gasteiger partial charge in [0.1, 0.15) is 13.2 Å². The third-order valence-electron chi connectivity index (χ3n) is 3.38. The molecule has 1 N–H and O–H groups in total. The second-order valence-electron chi connectivity index (χ2n) is 4.96. The molecule has 2 aromatic rings. The van der Waals surface area contributed by atoms with Crippen LogP contribution >= 0.6 is 27.3 Å². The molecule has 0 saturated carbocycles. The molecule has 0 spiro atoms. The summed E-state index contributed by atoms with van der Waals surface area (Å²) in [5.41, 5.74) is 1.11. The lowest BCUT2D eigenvalue weighted by Crippen LogP contribution is -2.18. The molecule has 0 saturated heterocycles. The molecular formula is C16H14BrNO5S. The smallest absolute Gasteiger partial charge is 0.310 e. The molecule has 0 unspecified atom stereocenters. The minimum Gasteiger partial charge on any atom is -0.486 e. The van der Waals surface area contributed by atoms with Crippen LogP contribution in [0, 0.1) is 0 Å². The summed E-state index contributed by atoms with van der Waals surface area (Å²) < 4.78 is 16.7. The highest BCUT2D eigenvalue weighted by atomic mass is 79.9. The maximum atomic E-state index is 12.4. The number of nitrogens with one attached hydrogen (secondary N) is 1. The molecule has 1 aromatic heterocycles. The van der Waals surface area contributed by atoms with Crippen LogP contribution in [0.15, 0.2) is 28.1 Å². The minimum atomic E-state index is -0.402. The molecule has 3 rings (SSSR count). The average molecular weight is 412 g/mol. The van der Waals surface area contributed by atoms with Gasteiger partial charge in [-0.3, -0.25) is 9.59 Å². The highest BCUT2D eigenvalue weighted by molar-refractivity contribution is 9.11. The predicted molar refractivity (Wildman–Crippen MR) is 93.1 cm³/mol. The first kappa shape index (κ1) is 16.8. The van der Waals surface area contributed by atoms with Gasteiger partial charge in [-0.25, -0.2) is 0 Å². The molecule has 1 aromatic carbocycles. The summed E-state index contributed by atoms with van der Waals surface area (Å²) in [4.78, 5) is 24.6. The van der Waals surface area contributed by atoms with Crippen molar-refractivity contribution in [3.63, 3.8) is 0 Å². The topological polar surface area (TPSA) is 73.9 Å². The number of hydrogen-bond donors (Lipinski definition) is 1. The van der Waals surface area contributed by atoms with Gasteiger partial charge in [0.05, 0.1) is 22.2 Å². The molecule has 24 heavy (non-hydrogen) atoms. The molecule has 8 heteroatoms. The molecule has 1 aliphatic heterocycles. The number of esters is 1. The van der Waals surface area contributed by atoms with Gasteiger partial charge >= 0.3 is 5.97 Å². The maximum absolute atomic E-state index is 12.4. The molecule has 2 heterocycles. The monoisotopic (exact) mass is 411 g/mol. The highest BCUT2D eigenvalue weighted by Gasteiger charge is 2.20. The van der Waals surface area contributed by atoms with Gasteiger partial charge in [0.25, 0.3) is 5.91 Å². The Morgan fingerprint density at radius 3 is 2.58 bits per heavy atom. The minimum absolute atomic E-state index is 0.0247. The summed E-state index contributed by atoms with van der Waals surface area (Å²) in [5.74, 6) is 0.434. The van der Waals surface area contributed by atoms with Crippen LogP contribution in [0.4, 0.5) is 5.69 Å². The lowest BCUT2D eigenvalue weighted by atomic mass is 10.1. The standard InChI is InChI=1S/C16H14BrNO5S/c1-21-15(19)7-9-6-11-12(23-5-4-22-11)8-10(9)18-16(20)13-2-3-14(17)24-13/h2-3,6,8H,4-5,7H2,1H3,(H,18,20). The Morgan fingerprint density at radius 1 is 1.25 bits per heavy atom. The van der Waals surface area contributed by atoms with Gasteiger partial charge in [-0.1, -0.05) is 0 Å². The van der Waals surface area contributed by atoms with Crippen molar-refractivity contribution in [1.82, 2.24) is 0 Å². The zero-order valence-electron chi connectivity index (χ0n) is 12.8. The molecule has 0 fully saturated rings. The van der Waals surface area contributed by atoms with E-state index in [2.05, 4.69) is 21.2 Å². The summed E-state index contributed by atoms with van der Waals surface area (Å²) in [6.45, 7) is 0.883. The van der Waals surface area contributed by atoms with Gasteiger partial charge in [-0.2, -0.15) is 0 Å². The van der Waals surface area contributed by atoms with Crippen molar-refractivity contribution in [1.29, 1.82) is 0 Å². The SMILES string of the molecule is COC(=O)Cc1cc2c(cc1NC(=O)c1ccc(Br)s1)OCCO2. The molecule has 126 valence electrons. The van der Waals surface area contributed by atoms with E-state index in [9.17, 15) is 9.59 Å². The first-order valence-electron chi connectivity index (χ1n) is 7.13. The van der Waals surface area contributed by atoms with Crippen LogP contribution < -0.4 is 14.8 Å². The van der Waals surface area contributed by atoms with E-state index < -0.39 is 5.97 Å². The number of carbonyl (C=O) groups is 2. The van der Waals surface area contributed by atoms with Gasteiger partial charge in [0.15, 0.2) is 11.5 Å². The molecular weight excluding hydrogens is 398 g/mol. The zero-order valence-corrected chi connectivity index (χ0v) is 15.2. The maximum Gasteiger partial charge on any atom is 0.310 e. The highest BCUT2D eigenvalue weighted by Crippen LogP contribution is 2.36. The van der Waals surface area contributed by atoms with Crippen LogP contribution in [0.1, 0.15) is 15.2 Å². The van der Waals surface area contributed by atoms with Crippen molar-refractivity contribution in [2.24, 2.45) is 0 Å². The molecule has 1 aliphatic rings. The van der Waals surface area contributed by atoms with Gasteiger partial charge in [0, 0.05) is 11.8 Å². The number of halogens is 1. The Morgan fingerprint density at radius 2 is 1.96 bits per heavy atom. The van der Waals surface area contributed by atoms with Crippen LogP contribution in [-0.4, -0.2) is 32.2 Å². The van der Waals surface area contributed by atoms with E-state index in [4.69, 9.17) is 14.2 Å². The average Bonchev–Trinajstić information content (AvgIpc) is 3.01. The van der Waals surface area contributed by atoms with E-state index in [-0.39, 0.29) is 12.3 Å². The molecule has 0 radical (unpaired) electrons. The number of benzene rings is 1. The molecule has 0 bridgehead atoms. The van der Waals surface area contributed by atoms with Crippen LogP contribution in [0.25, 0.3) is 0 Å². The quantitative estimate of drug-likeness (QED) is 0.781. The lowest BCUT2D eigenvalue weighted by molar-refractivity contribution is -0.139. The van der Waals surface area contributed by atoms with Crippen molar-refractivity contribution >= 4 is 44.8 Å². The zero-order chi connectivity index (χ0) is 17.1. The van der Waals surface area contributed by atoms with Gasteiger partial charge < -0.3 is 19.5 Å². The lowest BCUT2D eigenvalue weighted by Gasteiger charge is -2.21. The van der Waals surface area contributed by atoms with E-state index in [0.717, 1.165) is 3.79 Å². The Bertz CT molecular complexity index is 789. The number of carbonyl (C=O) groups excluding carboxylic acids is 2. The Hall–Kier alpha value is -2.06. The van der Waals surface area contributed by atoms with E-state index >= 15 is 0 Å². The third kappa shape index (κ3) is 3.70. The van der Waals surface area contributed by atoms with Gasteiger partial charge in [-0.05, 0) is 39.7 Å². The van der Waals surface area contributed by atoms with Crippen LogP contribution in [-0.2, 0) is 16.0 Å². The number of anilines is 1. The summed E-state index contributed by atoms with van der Waals surface area (Å²) in [6.07, 6.45) is 0.0247. The van der Waals surface area contributed by atoms with E-state index in [1.54, 1.807) is 24.3 Å². The van der Waals surface area contributed by atoms with Crippen LogP contribution in [0.5, 0.6) is 11.5 Å². The van der Waals surface area contributed by atoms with Crippen molar-refractivity contribution < 1.29 is 23.8 Å². The number of hydrogen-bond acceptors (Lipinski definition) is 6. The number of thiophene rings is 1. The fourth-order valence-electron chi connectivity index (χ4n) is 2.24. The van der Waals surface area contributed by atoms with Crippen molar-refractivity contribution in [2.45, 2.75) is 6.42 Å². The molecule has 0 atom stereocenters. The first-order valence-corrected chi connectivity index (χ1v) is 8.74. The fourth-order valence-corrected chi connectivity index (χ4v) is 3.52. The fraction of sp³-hybridized carbons (Fsp3) is 0.250. The van der Waals surface area contributed by atoms with Crippen molar-refractivity contribution in [3.8, 4) is 11.5 Å². The molecule has 0 aliphatic carbocycles. The Labute approximate surface area is 150 Å². The van der Waals surface area contributed by atoms with E-state index in [1.165, 1.54) is 18.4 Å². The number of rotatable bonds is 4. The van der Waals surface area contributed by atoms with E-state index in [0.29, 0.717) is 40.8 Å². The Kier molecular flexibility index (Phi) is 5.06. The largest absolute Gasteiger partial charge is 0.486 e. The van der Waals surface area contributed by atoms with Gasteiger partial charge in [-0.15, -0.1) is 11.3 Å². The van der Waals surface area contributed by atoms with Crippen molar-refractivity contribution in [2.75, 3.05) is 25.6 Å². The van der Waals surface area contributed by atoms with Gasteiger partial charge in [0.2, 0.25) is 0 Å². The van der Waals surface area contributed by atoms with Crippen LogP contribution in [0.2, 0.25) is 0 Å². The summed E-state index contributed by atoms with van der Waals surface area (Å²) in [6, 6.07) is 6.90. The third-order valence-corrected chi connectivity index (χ3v) is 5.00. The summed E-state index contributed by atoms with van der Waals surface area (Å²) in [7, 11) is 1.32. The number of amides is 1. The normalized spacial score (nSPS) is 12.6.